The minimum Gasteiger partial charge on any atom is -0.393 e. The van der Waals surface area contributed by atoms with Crippen molar-refractivity contribution in [2.75, 3.05) is 5.75 Å². The number of ketones is 1. The molecule has 9 rings (SSSR count). The zero-order valence-electron chi connectivity index (χ0n) is 27.1. The van der Waals surface area contributed by atoms with E-state index in [2.05, 4.69) is 56.3 Å². The molecular weight excluding hydrogens is 609 g/mol. The Hall–Kier alpha value is -2.76. The Kier molecular flexibility index (Phi) is 6.73. The molecule has 3 fully saturated rings. The van der Waals surface area contributed by atoms with Crippen molar-refractivity contribution in [3.63, 3.8) is 0 Å². The fraction of sp³-hybridized carbons (Fsp3) is 0.513. The highest BCUT2D eigenvalue weighted by Gasteiger charge is 2.74. The van der Waals surface area contributed by atoms with Gasteiger partial charge < -0.3 is 10.2 Å². The maximum Gasteiger partial charge on any atom is 0.199 e. The van der Waals surface area contributed by atoms with Crippen molar-refractivity contribution < 1.29 is 15.0 Å². The lowest BCUT2D eigenvalue weighted by Crippen LogP contribution is -2.67. The smallest absolute Gasteiger partial charge is 0.199 e. The van der Waals surface area contributed by atoms with Gasteiger partial charge in [0.1, 0.15) is 11.1 Å². The highest BCUT2D eigenvalue weighted by molar-refractivity contribution is 7.99. The Balaban J connectivity index is 1.23. The summed E-state index contributed by atoms with van der Waals surface area (Å²) in [7, 11) is 0. The van der Waals surface area contributed by atoms with Crippen molar-refractivity contribution in [1.82, 2.24) is 4.98 Å². The Morgan fingerprint density at radius 2 is 1.80 bits per heavy atom. The third-order valence-corrected chi connectivity index (χ3v) is 15.8. The second kappa shape index (κ2) is 10.1. The lowest BCUT2D eigenvalue weighted by atomic mass is 9.33. The number of fused-ring (bicyclic) bond motifs is 2. The molecule has 2 bridgehead atoms. The Bertz CT molecular complexity index is 1870. The SMILES string of the molecule is Cc1cc(C)c(C#N)c(SC[C@]2(O)CC[C@H]3[C@]45C=C[C@@]6(C=C4C(=O)c4cc7ccccc7s4)CC(O)CC[C@]6(C)[C@H]5CC[C@@]32C)n1. The van der Waals surface area contributed by atoms with E-state index in [4.69, 9.17) is 4.98 Å². The molecule has 0 aliphatic heterocycles. The summed E-state index contributed by atoms with van der Waals surface area (Å²) in [5.41, 5.74) is 0.991. The van der Waals surface area contributed by atoms with Gasteiger partial charge in [-0.1, -0.05) is 50.3 Å². The summed E-state index contributed by atoms with van der Waals surface area (Å²) in [6, 6.07) is 14.5. The standard InChI is InChI=1S/C39H42N2O3S2/c1-23-17-24(2)41-34(27(23)21-40)45-22-38(44)14-11-32-36(38,4)13-10-31-35(3)12-9-26(42)19-37(35)15-16-39(31,32)28(20-37)33(43)30-18-25-7-5-6-8-29(25)46-30/h5-8,15-18,20,26,31-32,42,44H,9-14,19,22H2,1-4H3/t26?,31-,32-,35-,36+,37+,38-,39-/m1/s1. The van der Waals surface area contributed by atoms with Gasteiger partial charge >= 0.3 is 0 Å². The van der Waals surface area contributed by atoms with E-state index >= 15 is 0 Å². The average molecular weight is 651 g/mol. The summed E-state index contributed by atoms with van der Waals surface area (Å²) in [4.78, 5) is 20.4. The van der Waals surface area contributed by atoms with E-state index in [1.165, 1.54) is 11.8 Å². The lowest BCUT2D eigenvalue weighted by Gasteiger charge is -2.71. The summed E-state index contributed by atoms with van der Waals surface area (Å²) in [6.07, 6.45) is 12.4. The van der Waals surface area contributed by atoms with E-state index in [1.807, 2.05) is 32.0 Å². The van der Waals surface area contributed by atoms with Crippen molar-refractivity contribution in [2.24, 2.45) is 33.5 Å². The van der Waals surface area contributed by atoms with Crippen LogP contribution >= 0.6 is 23.1 Å². The van der Waals surface area contributed by atoms with E-state index in [0.717, 1.165) is 63.9 Å². The van der Waals surface area contributed by atoms with Gasteiger partial charge in [-0.05, 0) is 105 Å². The monoisotopic (exact) mass is 650 g/mol. The van der Waals surface area contributed by atoms with Crippen LogP contribution in [0.4, 0.5) is 0 Å². The van der Waals surface area contributed by atoms with Crippen LogP contribution in [0.3, 0.4) is 0 Å². The molecular formula is C39H42N2O3S2. The van der Waals surface area contributed by atoms with Gasteiger partial charge in [0.25, 0.3) is 0 Å². The first-order valence-corrected chi connectivity index (χ1v) is 18.6. The van der Waals surface area contributed by atoms with Crippen LogP contribution in [0.2, 0.25) is 0 Å². The summed E-state index contributed by atoms with van der Waals surface area (Å²) < 4.78 is 1.12. The van der Waals surface area contributed by atoms with E-state index in [9.17, 15) is 20.3 Å². The first kappa shape index (κ1) is 30.6. The number of nitriles is 1. The number of aliphatic hydroxyl groups excluding tert-OH is 1. The number of rotatable bonds is 5. The van der Waals surface area contributed by atoms with Crippen molar-refractivity contribution in [1.29, 1.82) is 5.26 Å². The molecule has 6 aliphatic rings. The van der Waals surface area contributed by atoms with Gasteiger partial charge in [0.15, 0.2) is 5.78 Å². The van der Waals surface area contributed by atoms with Crippen LogP contribution in [-0.2, 0) is 0 Å². The largest absolute Gasteiger partial charge is 0.393 e. The van der Waals surface area contributed by atoms with Gasteiger partial charge in [0.05, 0.1) is 22.1 Å². The zero-order valence-corrected chi connectivity index (χ0v) is 28.7. The molecule has 2 aromatic heterocycles. The molecule has 5 nitrogen and oxygen atoms in total. The quantitative estimate of drug-likeness (QED) is 0.164. The first-order chi connectivity index (χ1) is 21.9. The minimum atomic E-state index is -0.969. The fourth-order valence-electron chi connectivity index (χ4n) is 11.0. The predicted molar refractivity (Wildman–Crippen MR) is 184 cm³/mol. The molecule has 3 saturated carbocycles. The molecule has 0 radical (unpaired) electrons. The highest BCUT2D eigenvalue weighted by Crippen LogP contribution is 2.78. The highest BCUT2D eigenvalue weighted by atomic mass is 32.2. The normalized spacial score (nSPS) is 39.0. The van der Waals surface area contributed by atoms with Crippen molar-refractivity contribution >= 4 is 39.0 Å². The molecule has 2 N–H and O–H groups in total. The Labute approximate surface area is 279 Å². The van der Waals surface area contributed by atoms with Gasteiger partial charge in [-0.3, -0.25) is 4.79 Å². The predicted octanol–water partition coefficient (Wildman–Crippen LogP) is 8.35. The molecule has 6 aliphatic carbocycles. The van der Waals surface area contributed by atoms with Crippen LogP contribution < -0.4 is 0 Å². The molecule has 2 spiro atoms. The minimum absolute atomic E-state index is 0.0631. The number of aliphatic hydroxyl groups is 2. The van der Waals surface area contributed by atoms with Crippen LogP contribution in [0, 0.1) is 58.7 Å². The number of pyridine rings is 1. The van der Waals surface area contributed by atoms with Crippen molar-refractivity contribution in [2.45, 2.75) is 89.4 Å². The number of aromatic nitrogens is 1. The number of hydrogen-bond acceptors (Lipinski definition) is 7. The van der Waals surface area contributed by atoms with E-state index < -0.39 is 16.4 Å². The van der Waals surface area contributed by atoms with Gasteiger partial charge in [0, 0.05) is 38.0 Å². The maximum absolute atomic E-state index is 14.9. The Morgan fingerprint density at radius 1 is 1.07 bits per heavy atom. The van der Waals surface area contributed by atoms with E-state index in [-0.39, 0.29) is 34.6 Å². The molecule has 0 amide bonds. The number of carbonyl (C=O) groups is 1. The van der Waals surface area contributed by atoms with Crippen LogP contribution in [0.15, 0.2) is 65.2 Å². The summed E-state index contributed by atoms with van der Waals surface area (Å²) in [5.74, 6) is 0.931. The second-order valence-electron chi connectivity index (χ2n) is 15.4. The van der Waals surface area contributed by atoms with Crippen LogP contribution in [0.25, 0.3) is 10.1 Å². The number of Topliss-reactive ketones (excluding diaryl/α,β-unsaturated/α-hetero) is 1. The Morgan fingerprint density at radius 3 is 2.59 bits per heavy atom. The maximum atomic E-state index is 14.9. The van der Waals surface area contributed by atoms with E-state index in [1.54, 1.807) is 11.3 Å². The molecule has 8 atom stereocenters. The topological polar surface area (TPSA) is 94.2 Å². The number of allylic oxidation sites excluding steroid dienone is 4. The average Bonchev–Trinajstić information content (AvgIpc) is 3.58. The van der Waals surface area contributed by atoms with Gasteiger partial charge in [0.2, 0.25) is 0 Å². The number of carbonyl (C=O) groups excluding carboxylic acids is 1. The summed E-state index contributed by atoms with van der Waals surface area (Å²) >= 11 is 3.08. The first-order valence-electron chi connectivity index (χ1n) is 16.8. The molecule has 2 heterocycles. The molecule has 46 heavy (non-hydrogen) atoms. The number of hydrogen-bond donors (Lipinski definition) is 2. The van der Waals surface area contributed by atoms with Crippen LogP contribution in [-0.4, -0.2) is 38.4 Å². The summed E-state index contributed by atoms with van der Waals surface area (Å²) in [5, 5.41) is 35.4. The number of thiophene rings is 1. The number of thioether (sulfide) groups is 1. The number of benzene rings is 1. The lowest BCUT2D eigenvalue weighted by molar-refractivity contribution is -0.166. The molecule has 238 valence electrons. The van der Waals surface area contributed by atoms with E-state index in [0.29, 0.717) is 29.2 Å². The summed E-state index contributed by atoms with van der Waals surface area (Å²) in [6.45, 7) is 8.60. The third kappa shape index (κ3) is 3.88. The fourth-order valence-corrected chi connectivity index (χ4v) is 13.5. The molecule has 0 saturated heterocycles. The van der Waals surface area contributed by atoms with Crippen molar-refractivity contribution in [3.05, 3.63) is 81.9 Å². The third-order valence-electron chi connectivity index (χ3n) is 13.5. The van der Waals surface area contributed by atoms with Crippen LogP contribution in [0.1, 0.15) is 85.3 Å². The zero-order chi connectivity index (χ0) is 32.3. The van der Waals surface area contributed by atoms with Crippen molar-refractivity contribution in [3.8, 4) is 6.07 Å². The molecule has 1 unspecified atom stereocenters. The number of aryl methyl sites for hydroxylation is 2. The molecule has 7 heteroatoms. The van der Waals surface area contributed by atoms with Gasteiger partial charge in [-0.25, -0.2) is 4.98 Å². The molecule has 1 aromatic carbocycles. The van der Waals surface area contributed by atoms with Gasteiger partial charge in [-0.2, -0.15) is 5.26 Å². The van der Waals surface area contributed by atoms with Crippen LogP contribution in [0.5, 0.6) is 0 Å². The number of nitrogens with zero attached hydrogens (tertiary/aromatic N) is 2. The second-order valence-corrected chi connectivity index (χ2v) is 17.5. The molecule has 3 aromatic rings. The van der Waals surface area contributed by atoms with Gasteiger partial charge in [-0.15, -0.1) is 23.1 Å².